The molecule has 8 heteroatoms. The van der Waals surface area contributed by atoms with Crippen LogP contribution in [0.1, 0.15) is 0 Å². The lowest BCUT2D eigenvalue weighted by Gasteiger charge is -2.05. The van der Waals surface area contributed by atoms with Crippen LogP contribution in [0.5, 0.6) is 11.5 Å². The Balaban J connectivity index is 1.69. The van der Waals surface area contributed by atoms with Gasteiger partial charge in [0.25, 0.3) is 0 Å². The molecule has 2 aromatic carbocycles. The van der Waals surface area contributed by atoms with Crippen molar-refractivity contribution in [2.75, 3.05) is 20.0 Å². The maximum absolute atomic E-state index is 6.29. The van der Waals surface area contributed by atoms with E-state index in [4.69, 9.17) is 15.2 Å². The van der Waals surface area contributed by atoms with Crippen LogP contribution < -0.4 is 15.2 Å². The SMILES string of the molecule is COc1ccc(-n2nnc(-c3nc(-c4ccccc4OC)cs3)c2N)cc1. The third kappa shape index (κ3) is 3.11. The molecule has 0 amide bonds. The second kappa shape index (κ2) is 7.08. The number of thiazole rings is 1. The predicted octanol–water partition coefficient (Wildman–Crippen LogP) is 3.66. The molecular formula is C19H17N5O2S. The minimum atomic E-state index is 0.432. The van der Waals surface area contributed by atoms with Crippen molar-refractivity contribution >= 4 is 17.2 Å². The molecule has 0 aliphatic carbocycles. The van der Waals surface area contributed by atoms with E-state index in [9.17, 15) is 0 Å². The number of benzene rings is 2. The zero-order valence-corrected chi connectivity index (χ0v) is 15.6. The summed E-state index contributed by atoms with van der Waals surface area (Å²) in [6.07, 6.45) is 0. The average molecular weight is 379 g/mol. The Morgan fingerprint density at radius 3 is 2.52 bits per heavy atom. The summed E-state index contributed by atoms with van der Waals surface area (Å²) in [5, 5.41) is 11.1. The number of hydrogen-bond acceptors (Lipinski definition) is 7. The van der Waals surface area contributed by atoms with Gasteiger partial charge in [-0.3, -0.25) is 0 Å². The Bertz CT molecular complexity index is 1070. The highest BCUT2D eigenvalue weighted by atomic mass is 32.1. The monoisotopic (exact) mass is 379 g/mol. The molecular weight excluding hydrogens is 362 g/mol. The molecule has 0 saturated carbocycles. The third-order valence-corrected chi connectivity index (χ3v) is 4.96. The van der Waals surface area contributed by atoms with E-state index < -0.39 is 0 Å². The van der Waals surface area contributed by atoms with Crippen LogP contribution in [0.25, 0.3) is 27.6 Å². The maximum atomic E-state index is 6.29. The highest BCUT2D eigenvalue weighted by Gasteiger charge is 2.18. The summed E-state index contributed by atoms with van der Waals surface area (Å²) in [6, 6.07) is 15.2. The normalized spacial score (nSPS) is 10.7. The number of para-hydroxylation sites is 1. The number of nitrogen functional groups attached to an aromatic ring is 1. The van der Waals surface area contributed by atoms with E-state index in [1.54, 1.807) is 18.9 Å². The molecule has 0 atom stereocenters. The van der Waals surface area contributed by atoms with Gasteiger partial charge in [0.15, 0.2) is 11.5 Å². The van der Waals surface area contributed by atoms with Crippen molar-refractivity contribution < 1.29 is 9.47 Å². The van der Waals surface area contributed by atoms with Crippen LogP contribution in [0.2, 0.25) is 0 Å². The summed E-state index contributed by atoms with van der Waals surface area (Å²) in [5.74, 6) is 1.96. The average Bonchev–Trinajstić information content (AvgIpc) is 3.34. The smallest absolute Gasteiger partial charge is 0.165 e. The van der Waals surface area contributed by atoms with E-state index in [0.29, 0.717) is 16.5 Å². The first-order chi connectivity index (χ1) is 13.2. The minimum absolute atomic E-state index is 0.432. The number of nitrogens with two attached hydrogens (primary N) is 1. The molecule has 7 nitrogen and oxygen atoms in total. The first-order valence-corrected chi connectivity index (χ1v) is 9.04. The fraction of sp³-hybridized carbons (Fsp3) is 0.105. The topological polar surface area (TPSA) is 88.1 Å². The molecule has 0 radical (unpaired) electrons. The van der Waals surface area contributed by atoms with Gasteiger partial charge in [-0.05, 0) is 36.4 Å². The van der Waals surface area contributed by atoms with Crippen molar-refractivity contribution in [3.05, 3.63) is 53.9 Å². The third-order valence-electron chi connectivity index (χ3n) is 4.11. The molecule has 0 saturated heterocycles. The van der Waals surface area contributed by atoms with Crippen LogP contribution in [0.3, 0.4) is 0 Å². The van der Waals surface area contributed by atoms with Gasteiger partial charge in [0, 0.05) is 10.9 Å². The summed E-state index contributed by atoms with van der Waals surface area (Å²) in [4.78, 5) is 4.68. The fourth-order valence-electron chi connectivity index (χ4n) is 2.72. The number of rotatable bonds is 5. The molecule has 27 heavy (non-hydrogen) atoms. The summed E-state index contributed by atoms with van der Waals surface area (Å²) >= 11 is 1.46. The van der Waals surface area contributed by atoms with Gasteiger partial charge >= 0.3 is 0 Å². The molecule has 4 rings (SSSR count). The van der Waals surface area contributed by atoms with E-state index >= 15 is 0 Å². The van der Waals surface area contributed by atoms with E-state index in [0.717, 1.165) is 28.4 Å². The van der Waals surface area contributed by atoms with Gasteiger partial charge < -0.3 is 15.2 Å². The van der Waals surface area contributed by atoms with Gasteiger partial charge in [-0.25, -0.2) is 4.98 Å². The van der Waals surface area contributed by atoms with Crippen LogP contribution >= 0.6 is 11.3 Å². The number of hydrogen-bond donors (Lipinski definition) is 1. The van der Waals surface area contributed by atoms with Gasteiger partial charge in [0.2, 0.25) is 0 Å². The van der Waals surface area contributed by atoms with E-state index in [-0.39, 0.29) is 0 Å². The zero-order chi connectivity index (χ0) is 18.8. The predicted molar refractivity (Wildman–Crippen MR) is 105 cm³/mol. The lowest BCUT2D eigenvalue weighted by Crippen LogP contribution is -2.02. The quantitative estimate of drug-likeness (QED) is 0.569. The van der Waals surface area contributed by atoms with Crippen molar-refractivity contribution in [1.29, 1.82) is 0 Å². The highest BCUT2D eigenvalue weighted by Crippen LogP contribution is 2.35. The summed E-state index contributed by atoms with van der Waals surface area (Å²) in [7, 11) is 3.27. The molecule has 2 heterocycles. The van der Waals surface area contributed by atoms with Crippen molar-refractivity contribution in [3.63, 3.8) is 0 Å². The Hall–Kier alpha value is -3.39. The van der Waals surface area contributed by atoms with E-state index in [2.05, 4.69) is 15.3 Å². The second-order valence-electron chi connectivity index (χ2n) is 5.67. The molecule has 0 bridgehead atoms. The number of anilines is 1. The summed E-state index contributed by atoms with van der Waals surface area (Å²) in [5.41, 5.74) is 9.37. The molecule has 2 N–H and O–H groups in total. The lowest BCUT2D eigenvalue weighted by atomic mass is 10.1. The lowest BCUT2D eigenvalue weighted by molar-refractivity contribution is 0.414. The number of aromatic nitrogens is 4. The molecule has 2 aromatic heterocycles. The largest absolute Gasteiger partial charge is 0.497 e. The van der Waals surface area contributed by atoms with Crippen LogP contribution in [0, 0.1) is 0 Å². The molecule has 0 unspecified atom stereocenters. The van der Waals surface area contributed by atoms with Gasteiger partial charge in [-0.1, -0.05) is 17.3 Å². The molecule has 0 spiro atoms. The van der Waals surface area contributed by atoms with Crippen molar-refractivity contribution in [2.24, 2.45) is 0 Å². The fourth-order valence-corrected chi connectivity index (χ4v) is 3.53. The van der Waals surface area contributed by atoms with Gasteiger partial charge in [-0.2, -0.15) is 4.68 Å². The van der Waals surface area contributed by atoms with Crippen LogP contribution in [-0.4, -0.2) is 34.2 Å². The Labute approximate surface area is 160 Å². The first-order valence-electron chi connectivity index (χ1n) is 8.16. The van der Waals surface area contributed by atoms with Crippen molar-refractivity contribution in [3.8, 4) is 39.1 Å². The Morgan fingerprint density at radius 1 is 1.00 bits per heavy atom. The molecule has 4 aromatic rings. The number of nitrogens with zero attached hydrogens (tertiary/aromatic N) is 4. The first kappa shape index (κ1) is 17.0. The Morgan fingerprint density at radius 2 is 1.78 bits per heavy atom. The minimum Gasteiger partial charge on any atom is -0.497 e. The van der Waals surface area contributed by atoms with Crippen LogP contribution in [0.4, 0.5) is 5.82 Å². The van der Waals surface area contributed by atoms with Gasteiger partial charge in [-0.15, -0.1) is 16.4 Å². The molecule has 0 aliphatic rings. The molecule has 0 fully saturated rings. The van der Waals surface area contributed by atoms with Gasteiger partial charge in [0.05, 0.1) is 25.6 Å². The highest BCUT2D eigenvalue weighted by molar-refractivity contribution is 7.13. The van der Waals surface area contributed by atoms with E-state index in [1.165, 1.54) is 11.3 Å². The molecule has 0 aliphatic heterocycles. The van der Waals surface area contributed by atoms with Crippen LogP contribution in [-0.2, 0) is 0 Å². The number of ether oxygens (including phenoxy) is 2. The number of methoxy groups -OCH3 is 2. The zero-order valence-electron chi connectivity index (χ0n) is 14.8. The summed E-state index contributed by atoms with van der Waals surface area (Å²) < 4.78 is 12.2. The standard InChI is InChI=1S/C19H17N5O2S/c1-25-13-9-7-12(8-10-13)24-18(20)17(22-23-24)19-21-15(11-27-19)14-5-3-4-6-16(14)26-2/h3-11H,20H2,1-2H3. The second-order valence-corrected chi connectivity index (χ2v) is 6.53. The van der Waals surface area contributed by atoms with Crippen LogP contribution in [0.15, 0.2) is 53.9 Å². The molecule has 136 valence electrons. The van der Waals surface area contributed by atoms with E-state index in [1.807, 2.05) is 53.9 Å². The summed E-state index contributed by atoms with van der Waals surface area (Å²) in [6.45, 7) is 0. The van der Waals surface area contributed by atoms with Crippen molar-refractivity contribution in [1.82, 2.24) is 20.0 Å². The maximum Gasteiger partial charge on any atom is 0.165 e. The van der Waals surface area contributed by atoms with Crippen molar-refractivity contribution in [2.45, 2.75) is 0 Å². The Kier molecular flexibility index (Phi) is 4.47. The van der Waals surface area contributed by atoms with Gasteiger partial charge in [0.1, 0.15) is 16.5 Å².